The van der Waals surface area contributed by atoms with Crippen molar-refractivity contribution in [2.45, 2.75) is 39.2 Å². The van der Waals surface area contributed by atoms with Crippen LogP contribution in [-0.2, 0) is 4.74 Å². The Bertz CT molecular complexity index is 1280. The van der Waals surface area contributed by atoms with Gasteiger partial charge in [-0.25, -0.2) is 0 Å². The molecule has 1 saturated heterocycles. The summed E-state index contributed by atoms with van der Waals surface area (Å²) >= 11 is 0. The molecular weight excluding hydrogens is 456 g/mol. The molecule has 0 N–H and O–H groups in total. The molecule has 1 amide bonds. The minimum atomic E-state index is -0.483. The molecule has 36 heavy (non-hydrogen) atoms. The Morgan fingerprint density at radius 3 is 2.53 bits per heavy atom. The summed E-state index contributed by atoms with van der Waals surface area (Å²) in [5.41, 5.74) is 2.62. The van der Waals surface area contributed by atoms with Gasteiger partial charge in [0.1, 0.15) is 11.3 Å². The van der Waals surface area contributed by atoms with Crippen molar-refractivity contribution in [2.24, 2.45) is 0 Å². The number of morpholine rings is 1. The van der Waals surface area contributed by atoms with E-state index in [4.69, 9.17) is 13.9 Å². The fourth-order valence-corrected chi connectivity index (χ4v) is 5.08. The molecule has 0 spiro atoms. The highest BCUT2D eigenvalue weighted by Gasteiger charge is 2.42. The lowest BCUT2D eigenvalue weighted by Gasteiger charge is -2.29. The van der Waals surface area contributed by atoms with Crippen molar-refractivity contribution in [3.8, 4) is 5.75 Å². The van der Waals surface area contributed by atoms with Crippen molar-refractivity contribution >= 4 is 16.9 Å². The maximum atomic E-state index is 13.7. The molecule has 0 radical (unpaired) electrons. The predicted molar refractivity (Wildman–Crippen MR) is 139 cm³/mol. The fourth-order valence-electron chi connectivity index (χ4n) is 5.08. The third-order valence-electron chi connectivity index (χ3n) is 7.06. The number of ether oxygens (including phenoxy) is 2. The van der Waals surface area contributed by atoms with Gasteiger partial charge in [0.25, 0.3) is 5.91 Å². The smallest absolute Gasteiger partial charge is 0.290 e. The summed E-state index contributed by atoms with van der Waals surface area (Å²) in [6.45, 7) is 9.46. The van der Waals surface area contributed by atoms with E-state index in [1.165, 1.54) is 0 Å². The number of carbonyl (C=O) groups is 1. The van der Waals surface area contributed by atoms with Gasteiger partial charge in [0.2, 0.25) is 5.76 Å². The molecule has 1 atom stereocenters. The van der Waals surface area contributed by atoms with Crippen LogP contribution in [0.25, 0.3) is 11.0 Å². The number of benzene rings is 2. The van der Waals surface area contributed by atoms with Gasteiger partial charge >= 0.3 is 0 Å². The standard InChI is InChI=1S/C29H34N2O5/c1-3-4-16-35-22-9-7-21(8-10-22)26-25-27(32)23-19-20(2)6-11-24(23)36-28(25)29(33)31(26)13-5-12-30-14-17-34-18-15-30/h6-11,19,26H,3-5,12-18H2,1-2H3. The average molecular weight is 491 g/mol. The predicted octanol–water partition coefficient (Wildman–Crippen LogP) is 4.55. The number of unbranched alkanes of at least 4 members (excludes halogenated alkanes) is 1. The van der Waals surface area contributed by atoms with Crippen molar-refractivity contribution in [1.82, 2.24) is 9.80 Å². The SMILES string of the molecule is CCCCOc1ccc(C2c3c(oc4ccc(C)cc4c3=O)C(=O)N2CCCN2CCOCC2)cc1. The van der Waals surface area contributed by atoms with Crippen LogP contribution in [0.1, 0.15) is 59.5 Å². The van der Waals surface area contributed by atoms with E-state index in [0.29, 0.717) is 29.7 Å². The maximum Gasteiger partial charge on any atom is 0.290 e. The van der Waals surface area contributed by atoms with Gasteiger partial charge in [-0.3, -0.25) is 14.5 Å². The largest absolute Gasteiger partial charge is 0.494 e. The third kappa shape index (κ3) is 4.90. The Morgan fingerprint density at radius 1 is 1.00 bits per heavy atom. The number of aryl methyl sites for hydroxylation is 1. The molecule has 1 unspecified atom stereocenters. The first-order valence-electron chi connectivity index (χ1n) is 13.0. The Labute approximate surface area is 211 Å². The molecule has 7 heteroatoms. The zero-order valence-corrected chi connectivity index (χ0v) is 21.1. The Balaban J connectivity index is 1.48. The topological polar surface area (TPSA) is 72.2 Å². The van der Waals surface area contributed by atoms with Crippen LogP contribution in [0.2, 0.25) is 0 Å². The molecule has 2 aliphatic heterocycles. The lowest BCUT2D eigenvalue weighted by molar-refractivity contribution is 0.0353. The summed E-state index contributed by atoms with van der Waals surface area (Å²) in [4.78, 5) is 31.5. The summed E-state index contributed by atoms with van der Waals surface area (Å²) in [6, 6.07) is 12.8. The van der Waals surface area contributed by atoms with E-state index in [2.05, 4.69) is 11.8 Å². The molecule has 3 aromatic rings. The summed E-state index contributed by atoms with van der Waals surface area (Å²) in [7, 11) is 0. The molecule has 7 nitrogen and oxygen atoms in total. The second kappa shape index (κ2) is 10.8. The molecule has 190 valence electrons. The Kier molecular flexibility index (Phi) is 7.39. The van der Waals surface area contributed by atoms with E-state index in [-0.39, 0.29) is 17.1 Å². The molecule has 2 aromatic carbocycles. The molecule has 1 fully saturated rings. The minimum Gasteiger partial charge on any atom is -0.494 e. The summed E-state index contributed by atoms with van der Waals surface area (Å²) < 4.78 is 17.4. The van der Waals surface area contributed by atoms with Crippen LogP contribution in [0, 0.1) is 6.92 Å². The maximum absolute atomic E-state index is 13.7. The van der Waals surface area contributed by atoms with E-state index >= 15 is 0 Å². The van der Waals surface area contributed by atoms with Gasteiger partial charge in [-0.05, 0) is 49.6 Å². The molecule has 0 saturated carbocycles. The van der Waals surface area contributed by atoms with Crippen LogP contribution < -0.4 is 10.2 Å². The summed E-state index contributed by atoms with van der Waals surface area (Å²) in [5.74, 6) is 0.729. The molecule has 0 bridgehead atoms. The van der Waals surface area contributed by atoms with Crippen molar-refractivity contribution in [1.29, 1.82) is 0 Å². The Hall–Kier alpha value is -3.16. The minimum absolute atomic E-state index is 0.132. The van der Waals surface area contributed by atoms with Crippen LogP contribution in [0.4, 0.5) is 0 Å². The lowest BCUT2D eigenvalue weighted by Crippen LogP contribution is -2.38. The van der Waals surface area contributed by atoms with Gasteiger partial charge in [0.15, 0.2) is 5.43 Å². The second-order valence-electron chi connectivity index (χ2n) is 9.65. The van der Waals surface area contributed by atoms with Crippen LogP contribution in [-0.4, -0.2) is 61.7 Å². The van der Waals surface area contributed by atoms with E-state index in [1.807, 2.05) is 43.3 Å². The van der Waals surface area contributed by atoms with Crippen LogP contribution >= 0.6 is 0 Å². The molecule has 0 aliphatic carbocycles. The number of hydrogen-bond acceptors (Lipinski definition) is 6. The monoisotopic (exact) mass is 490 g/mol. The van der Waals surface area contributed by atoms with Crippen LogP contribution in [0.15, 0.2) is 51.7 Å². The van der Waals surface area contributed by atoms with Crippen molar-refractivity contribution in [3.05, 3.63) is 75.1 Å². The van der Waals surface area contributed by atoms with E-state index < -0.39 is 6.04 Å². The van der Waals surface area contributed by atoms with Gasteiger partial charge in [0, 0.05) is 26.2 Å². The van der Waals surface area contributed by atoms with Gasteiger partial charge in [0.05, 0.1) is 36.8 Å². The zero-order valence-electron chi connectivity index (χ0n) is 21.1. The fraction of sp³-hybridized carbons (Fsp3) is 0.448. The van der Waals surface area contributed by atoms with Gasteiger partial charge in [-0.2, -0.15) is 0 Å². The average Bonchev–Trinajstić information content (AvgIpc) is 3.17. The number of fused-ring (bicyclic) bond motifs is 2. The first-order chi connectivity index (χ1) is 17.6. The highest BCUT2D eigenvalue weighted by atomic mass is 16.5. The highest BCUT2D eigenvalue weighted by molar-refractivity contribution is 5.99. The zero-order chi connectivity index (χ0) is 25.1. The van der Waals surface area contributed by atoms with Crippen LogP contribution in [0.3, 0.4) is 0 Å². The quantitative estimate of drug-likeness (QED) is 0.410. The first kappa shape index (κ1) is 24.5. The normalized spacial score (nSPS) is 18.1. The van der Waals surface area contributed by atoms with Crippen molar-refractivity contribution < 1.29 is 18.7 Å². The molecule has 1 aromatic heterocycles. The number of rotatable bonds is 9. The Morgan fingerprint density at radius 2 is 1.78 bits per heavy atom. The summed E-state index contributed by atoms with van der Waals surface area (Å²) in [5, 5.41) is 0.515. The number of carbonyl (C=O) groups excluding carboxylic acids is 1. The second-order valence-corrected chi connectivity index (χ2v) is 9.65. The first-order valence-corrected chi connectivity index (χ1v) is 13.0. The molecular formula is C29H34N2O5. The summed E-state index contributed by atoms with van der Waals surface area (Å²) in [6.07, 6.45) is 2.87. The third-order valence-corrected chi connectivity index (χ3v) is 7.06. The van der Waals surface area contributed by atoms with E-state index in [1.54, 1.807) is 11.0 Å². The van der Waals surface area contributed by atoms with Crippen molar-refractivity contribution in [2.75, 3.05) is 46.0 Å². The number of amides is 1. The number of nitrogens with zero attached hydrogens (tertiary/aromatic N) is 2. The molecule has 3 heterocycles. The van der Waals surface area contributed by atoms with E-state index in [9.17, 15) is 9.59 Å². The van der Waals surface area contributed by atoms with E-state index in [0.717, 1.165) is 69.0 Å². The van der Waals surface area contributed by atoms with Gasteiger partial charge in [-0.15, -0.1) is 0 Å². The lowest BCUT2D eigenvalue weighted by atomic mass is 9.98. The number of hydrogen-bond donors (Lipinski definition) is 0. The molecule has 2 aliphatic rings. The molecule has 5 rings (SSSR count). The highest BCUT2D eigenvalue weighted by Crippen LogP contribution is 2.38. The van der Waals surface area contributed by atoms with Crippen molar-refractivity contribution in [3.63, 3.8) is 0 Å². The van der Waals surface area contributed by atoms with Gasteiger partial charge in [-0.1, -0.05) is 37.1 Å². The van der Waals surface area contributed by atoms with Crippen LogP contribution in [0.5, 0.6) is 5.75 Å². The van der Waals surface area contributed by atoms with Gasteiger partial charge < -0.3 is 18.8 Å².